The third-order valence-corrected chi connectivity index (χ3v) is 5.38. The number of aryl methyl sites for hydroxylation is 2. The number of amides is 1. The number of hydrogen-bond acceptors (Lipinski definition) is 6. The van der Waals surface area contributed by atoms with Crippen LogP contribution in [0.3, 0.4) is 0 Å². The van der Waals surface area contributed by atoms with Crippen LogP contribution in [0.2, 0.25) is 0 Å². The van der Waals surface area contributed by atoms with Crippen LogP contribution in [0.5, 0.6) is 0 Å². The van der Waals surface area contributed by atoms with Gasteiger partial charge in [0.1, 0.15) is 11.4 Å². The first-order chi connectivity index (χ1) is 11.6. The van der Waals surface area contributed by atoms with Crippen LogP contribution in [0.1, 0.15) is 12.8 Å². The van der Waals surface area contributed by atoms with Crippen molar-refractivity contribution >= 4 is 34.5 Å². The van der Waals surface area contributed by atoms with Gasteiger partial charge in [0, 0.05) is 32.9 Å². The molecule has 0 bridgehead atoms. The summed E-state index contributed by atoms with van der Waals surface area (Å²) >= 11 is 1.49. The number of carbonyl (C=O) groups is 1. The Morgan fingerprint density at radius 2 is 2.17 bits per heavy atom. The van der Waals surface area contributed by atoms with Crippen molar-refractivity contribution in [2.24, 2.45) is 14.1 Å². The summed E-state index contributed by atoms with van der Waals surface area (Å²) in [6.07, 6.45) is 6.90. The summed E-state index contributed by atoms with van der Waals surface area (Å²) in [5, 5.41) is 10.1. The van der Waals surface area contributed by atoms with Gasteiger partial charge in [0.25, 0.3) is 0 Å². The molecule has 24 heavy (non-hydrogen) atoms. The molecule has 4 rings (SSSR count). The van der Waals surface area contributed by atoms with Gasteiger partial charge in [-0.1, -0.05) is 11.8 Å². The Labute approximate surface area is 142 Å². The number of piperidine rings is 1. The second kappa shape index (κ2) is 5.90. The molecule has 124 valence electrons. The molecule has 0 N–H and O–H groups in total. The Bertz CT molecular complexity index is 902. The number of carbonyl (C=O) groups excluding carboxylic acids is 1. The first-order valence-corrected chi connectivity index (χ1v) is 8.62. The minimum absolute atomic E-state index is 0.0839. The number of anilines is 1. The standard InChI is InChI=1S/C15H17N7OS/c1-20-7-5-12(19-20)22-6-3-4-11(15(22)23)24-14-10-8-18-21(2)13(10)16-9-17-14/h5,7-9,11H,3-4,6H2,1-2H3/t11-/m1/s1. The van der Waals surface area contributed by atoms with Crippen molar-refractivity contribution < 1.29 is 4.79 Å². The summed E-state index contributed by atoms with van der Waals surface area (Å²) in [7, 11) is 3.70. The van der Waals surface area contributed by atoms with E-state index in [0.717, 1.165) is 28.9 Å². The second-order valence-corrected chi connectivity index (χ2v) is 6.96. The Balaban J connectivity index is 1.60. The van der Waals surface area contributed by atoms with Crippen molar-refractivity contribution in [3.8, 4) is 0 Å². The Kier molecular flexibility index (Phi) is 3.72. The third kappa shape index (κ3) is 2.54. The van der Waals surface area contributed by atoms with Crippen molar-refractivity contribution in [2.45, 2.75) is 23.1 Å². The average molecular weight is 343 g/mol. The lowest BCUT2D eigenvalue weighted by Gasteiger charge is -2.30. The van der Waals surface area contributed by atoms with Gasteiger partial charge < -0.3 is 0 Å². The molecule has 1 amide bonds. The van der Waals surface area contributed by atoms with E-state index in [9.17, 15) is 4.79 Å². The third-order valence-electron chi connectivity index (χ3n) is 4.11. The quantitative estimate of drug-likeness (QED) is 0.668. The van der Waals surface area contributed by atoms with Gasteiger partial charge in [0.2, 0.25) is 5.91 Å². The Hall–Kier alpha value is -2.42. The number of fused-ring (bicyclic) bond motifs is 1. The van der Waals surface area contributed by atoms with E-state index in [1.54, 1.807) is 20.5 Å². The minimum atomic E-state index is -0.168. The number of rotatable bonds is 3. The lowest BCUT2D eigenvalue weighted by atomic mass is 10.1. The number of hydrogen-bond donors (Lipinski definition) is 0. The van der Waals surface area contributed by atoms with E-state index in [2.05, 4.69) is 20.2 Å². The van der Waals surface area contributed by atoms with Crippen LogP contribution in [0.4, 0.5) is 5.82 Å². The minimum Gasteiger partial charge on any atom is -0.294 e. The van der Waals surface area contributed by atoms with Crippen LogP contribution in [0, 0.1) is 0 Å². The predicted molar refractivity (Wildman–Crippen MR) is 90.7 cm³/mol. The normalized spacial score (nSPS) is 18.5. The highest BCUT2D eigenvalue weighted by Crippen LogP contribution is 2.33. The highest BCUT2D eigenvalue weighted by molar-refractivity contribution is 8.00. The van der Waals surface area contributed by atoms with Crippen molar-refractivity contribution in [1.29, 1.82) is 0 Å². The lowest BCUT2D eigenvalue weighted by Crippen LogP contribution is -2.43. The molecule has 0 aromatic carbocycles. The molecule has 8 nitrogen and oxygen atoms in total. The molecule has 1 fully saturated rings. The van der Waals surface area contributed by atoms with Crippen LogP contribution < -0.4 is 4.90 Å². The number of nitrogens with zero attached hydrogens (tertiary/aromatic N) is 7. The smallest absolute Gasteiger partial charge is 0.241 e. The van der Waals surface area contributed by atoms with E-state index in [-0.39, 0.29) is 11.2 Å². The lowest BCUT2D eigenvalue weighted by molar-refractivity contribution is -0.119. The van der Waals surface area contributed by atoms with E-state index in [1.807, 2.05) is 26.4 Å². The summed E-state index contributed by atoms with van der Waals surface area (Å²) in [6.45, 7) is 0.707. The van der Waals surface area contributed by atoms with Crippen molar-refractivity contribution in [3.63, 3.8) is 0 Å². The van der Waals surface area contributed by atoms with Crippen LogP contribution in [0.15, 0.2) is 29.8 Å². The maximum atomic E-state index is 12.9. The summed E-state index contributed by atoms with van der Waals surface area (Å²) < 4.78 is 3.42. The zero-order valence-corrected chi connectivity index (χ0v) is 14.3. The molecule has 3 aromatic rings. The SMILES string of the molecule is Cn1ccc(N2CCC[C@@H](Sc3ncnc4c3cnn4C)C2=O)n1. The van der Waals surface area contributed by atoms with Gasteiger partial charge in [0.15, 0.2) is 11.5 Å². The molecule has 0 unspecified atom stereocenters. The first-order valence-electron chi connectivity index (χ1n) is 7.74. The van der Waals surface area contributed by atoms with Crippen molar-refractivity contribution in [2.75, 3.05) is 11.4 Å². The van der Waals surface area contributed by atoms with Crippen molar-refractivity contribution in [3.05, 3.63) is 24.8 Å². The zero-order valence-electron chi connectivity index (χ0n) is 13.5. The maximum Gasteiger partial charge on any atom is 0.241 e. The van der Waals surface area contributed by atoms with Crippen LogP contribution in [-0.4, -0.2) is 47.2 Å². The van der Waals surface area contributed by atoms with Crippen LogP contribution in [0.25, 0.3) is 11.0 Å². The predicted octanol–water partition coefficient (Wildman–Crippen LogP) is 1.38. The zero-order chi connectivity index (χ0) is 16.7. The van der Waals surface area contributed by atoms with Crippen LogP contribution >= 0.6 is 11.8 Å². The fraction of sp³-hybridized carbons (Fsp3) is 0.400. The molecular formula is C15H17N7OS. The molecule has 0 radical (unpaired) electrons. The fourth-order valence-electron chi connectivity index (χ4n) is 2.90. The molecule has 0 saturated carbocycles. The topological polar surface area (TPSA) is 81.7 Å². The average Bonchev–Trinajstić information content (AvgIpc) is 3.17. The fourth-order valence-corrected chi connectivity index (χ4v) is 4.06. The van der Waals surface area contributed by atoms with E-state index in [0.29, 0.717) is 12.4 Å². The van der Waals surface area contributed by atoms with Crippen molar-refractivity contribution in [1.82, 2.24) is 29.5 Å². The van der Waals surface area contributed by atoms with Crippen LogP contribution in [-0.2, 0) is 18.9 Å². The van der Waals surface area contributed by atoms with Gasteiger partial charge in [-0.15, -0.1) is 0 Å². The number of thioether (sulfide) groups is 1. The van der Waals surface area contributed by atoms with E-state index in [4.69, 9.17) is 0 Å². The molecule has 4 heterocycles. The maximum absolute atomic E-state index is 12.9. The summed E-state index contributed by atoms with van der Waals surface area (Å²) in [4.78, 5) is 23.2. The molecule has 0 spiro atoms. The van der Waals surface area contributed by atoms with E-state index >= 15 is 0 Å². The summed E-state index contributed by atoms with van der Waals surface area (Å²) in [5.41, 5.74) is 0.775. The molecule has 0 aliphatic carbocycles. The Morgan fingerprint density at radius 3 is 2.96 bits per heavy atom. The van der Waals surface area contributed by atoms with Gasteiger partial charge >= 0.3 is 0 Å². The summed E-state index contributed by atoms with van der Waals surface area (Å²) in [5.74, 6) is 0.794. The van der Waals surface area contributed by atoms with Gasteiger partial charge in [0.05, 0.1) is 16.8 Å². The first kappa shape index (κ1) is 15.1. The number of aromatic nitrogens is 6. The molecule has 1 atom stereocenters. The van der Waals surface area contributed by atoms with Gasteiger partial charge in [-0.3, -0.25) is 19.1 Å². The molecule has 9 heteroatoms. The highest BCUT2D eigenvalue weighted by Gasteiger charge is 2.32. The molecule has 1 saturated heterocycles. The molecule has 1 aliphatic heterocycles. The largest absolute Gasteiger partial charge is 0.294 e. The van der Waals surface area contributed by atoms with Gasteiger partial charge in [-0.05, 0) is 12.8 Å². The van der Waals surface area contributed by atoms with E-state index < -0.39 is 0 Å². The van der Waals surface area contributed by atoms with Gasteiger partial charge in [-0.2, -0.15) is 10.2 Å². The van der Waals surface area contributed by atoms with Gasteiger partial charge in [-0.25, -0.2) is 9.97 Å². The van der Waals surface area contributed by atoms with E-state index in [1.165, 1.54) is 18.1 Å². The monoisotopic (exact) mass is 343 g/mol. The second-order valence-electron chi connectivity index (χ2n) is 5.77. The molecule has 3 aromatic heterocycles. The molecule has 1 aliphatic rings. The highest BCUT2D eigenvalue weighted by atomic mass is 32.2. The summed E-state index contributed by atoms with van der Waals surface area (Å²) in [6, 6.07) is 1.87. The Morgan fingerprint density at radius 1 is 1.29 bits per heavy atom. The molecular weight excluding hydrogens is 326 g/mol.